The van der Waals surface area contributed by atoms with Crippen LogP contribution < -0.4 is 15.0 Å². The van der Waals surface area contributed by atoms with Gasteiger partial charge in [0, 0.05) is 6.42 Å². The van der Waals surface area contributed by atoms with Crippen molar-refractivity contribution >= 4 is 11.0 Å². The minimum Gasteiger partial charge on any atom is -0.493 e. The Balaban J connectivity index is 2.01. The van der Waals surface area contributed by atoms with Gasteiger partial charge in [-0.3, -0.25) is 4.79 Å². The number of hydrogen-bond acceptors (Lipinski definition) is 5. The molecule has 3 rings (SSSR count). The van der Waals surface area contributed by atoms with E-state index in [1.165, 1.54) is 25.7 Å². The van der Waals surface area contributed by atoms with E-state index < -0.39 is 0 Å². The zero-order valence-corrected chi connectivity index (χ0v) is 21.4. The van der Waals surface area contributed by atoms with Gasteiger partial charge in [0.1, 0.15) is 11.2 Å². The summed E-state index contributed by atoms with van der Waals surface area (Å²) in [7, 11) is 3.24. The number of hydrogen-bond donors (Lipinski definition) is 1. The van der Waals surface area contributed by atoms with Crippen molar-refractivity contribution in [2.24, 2.45) is 0 Å². The Labute approximate surface area is 202 Å². The van der Waals surface area contributed by atoms with Crippen molar-refractivity contribution in [2.75, 3.05) is 14.2 Å². The van der Waals surface area contributed by atoms with Crippen LogP contribution in [-0.4, -0.2) is 34.0 Å². The fourth-order valence-electron chi connectivity index (χ4n) is 4.62. The largest absolute Gasteiger partial charge is 0.493 e. The number of aromatic nitrogens is 4. The van der Waals surface area contributed by atoms with E-state index in [0.29, 0.717) is 29.1 Å². The highest BCUT2D eigenvalue weighted by atomic mass is 16.5. The number of H-pyrrole nitrogens is 1. The van der Waals surface area contributed by atoms with Crippen LogP contribution in [-0.2, 0) is 12.8 Å². The third-order valence-electron chi connectivity index (χ3n) is 6.35. The van der Waals surface area contributed by atoms with Crippen molar-refractivity contribution in [3.63, 3.8) is 0 Å². The summed E-state index contributed by atoms with van der Waals surface area (Å²) < 4.78 is 12.8. The fraction of sp³-hybridized carbons (Fsp3) is 0.593. The molecule has 2 heterocycles. The second kappa shape index (κ2) is 12.6. The molecule has 1 N–H and O–H groups in total. The molecule has 0 aliphatic heterocycles. The molecule has 1 atom stereocenters. The summed E-state index contributed by atoms with van der Waals surface area (Å²) in [6, 6.07) is 6.04. The third-order valence-corrected chi connectivity index (χ3v) is 6.35. The zero-order chi connectivity index (χ0) is 24.5. The minimum atomic E-state index is -0.101. The number of aromatic amines is 1. The second-order valence-corrected chi connectivity index (χ2v) is 9.01. The van der Waals surface area contributed by atoms with Crippen LogP contribution in [0, 0.1) is 0 Å². The van der Waals surface area contributed by atoms with Gasteiger partial charge in [0.25, 0.3) is 5.56 Å². The molecule has 0 radical (unpaired) electrons. The highest BCUT2D eigenvalue weighted by Gasteiger charge is 2.21. The molecule has 1 unspecified atom stereocenters. The Hall–Kier alpha value is -2.83. The van der Waals surface area contributed by atoms with Gasteiger partial charge < -0.3 is 14.5 Å². The molecule has 7 nitrogen and oxygen atoms in total. The van der Waals surface area contributed by atoms with E-state index in [9.17, 15) is 4.79 Å². The average Bonchev–Trinajstić information content (AvgIpc) is 3.19. The summed E-state index contributed by atoms with van der Waals surface area (Å²) in [5.41, 5.74) is 2.47. The zero-order valence-electron chi connectivity index (χ0n) is 21.4. The van der Waals surface area contributed by atoms with E-state index in [0.717, 1.165) is 49.0 Å². The Morgan fingerprint density at radius 2 is 1.76 bits per heavy atom. The highest BCUT2D eigenvalue weighted by Crippen LogP contribution is 2.29. The summed E-state index contributed by atoms with van der Waals surface area (Å²) in [6.45, 7) is 6.56. The summed E-state index contributed by atoms with van der Waals surface area (Å²) in [6.07, 6.45) is 10.3. The molecule has 0 amide bonds. The maximum absolute atomic E-state index is 13.2. The Morgan fingerprint density at radius 1 is 0.971 bits per heavy atom. The van der Waals surface area contributed by atoms with Gasteiger partial charge in [-0.25, -0.2) is 9.67 Å². The predicted molar refractivity (Wildman–Crippen MR) is 137 cm³/mol. The summed E-state index contributed by atoms with van der Waals surface area (Å²) in [5, 5.41) is 5.60. The SMILES string of the molecule is CCCCCCC(CCC)n1nc(CCC)c2c(=O)[nH]c(Cc3ccc(OC)c(OC)c3)nc21. The van der Waals surface area contributed by atoms with Crippen molar-refractivity contribution < 1.29 is 9.47 Å². The Kier molecular flexibility index (Phi) is 9.54. The molecule has 0 saturated carbocycles. The average molecular weight is 469 g/mol. The number of fused-ring (bicyclic) bond motifs is 1. The lowest BCUT2D eigenvalue weighted by atomic mass is 10.0. The summed E-state index contributed by atoms with van der Waals surface area (Å²) >= 11 is 0. The molecule has 0 aliphatic rings. The van der Waals surface area contributed by atoms with Crippen LogP contribution in [0.5, 0.6) is 11.5 Å². The minimum absolute atomic E-state index is 0.101. The molecule has 0 bridgehead atoms. The summed E-state index contributed by atoms with van der Waals surface area (Å²) in [4.78, 5) is 21.2. The van der Waals surface area contributed by atoms with Gasteiger partial charge in [-0.15, -0.1) is 0 Å². The van der Waals surface area contributed by atoms with Crippen LogP contribution in [0.4, 0.5) is 0 Å². The first kappa shape index (κ1) is 25.8. The quantitative estimate of drug-likeness (QED) is 0.294. The number of benzene rings is 1. The van der Waals surface area contributed by atoms with Crippen LogP contribution in [0.1, 0.15) is 95.3 Å². The topological polar surface area (TPSA) is 82.0 Å². The molecule has 0 fully saturated rings. The number of rotatable bonds is 14. The van der Waals surface area contributed by atoms with Gasteiger partial charge in [-0.05, 0) is 37.0 Å². The lowest BCUT2D eigenvalue weighted by molar-refractivity contribution is 0.354. The lowest BCUT2D eigenvalue weighted by Gasteiger charge is -2.18. The number of unbranched alkanes of at least 4 members (excludes halogenated alkanes) is 3. The highest BCUT2D eigenvalue weighted by molar-refractivity contribution is 5.77. The monoisotopic (exact) mass is 468 g/mol. The molecule has 3 aromatic rings. The van der Waals surface area contributed by atoms with Crippen LogP contribution in [0.3, 0.4) is 0 Å². The van der Waals surface area contributed by atoms with Crippen LogP contribution in [0.25, 0.3) is 11.0 Å². The van der Waals surface area contributed by atoms with Crippen molar-refractivity contribution in [3.8, 4) is 11.5 Å². The molecule has 0 aliphatic carbocycles. The molecule has 186 valence electrons. The number of nitrogens with zero attached hydrogens (tertiary/aromatic N) is 3. The van der Waals surface area contributed by atoms with Crippen LogP contribution in [0.2, 0.25) is 0 Å². The maximum atomic E-state index is 13.2. The molecule has 34 heavy (non-hydrogen) atoms. The van der Waals surface area contributed by atoms with Gasteiger partial charge >= 0.3 is 0 Å². The van der Waals surface area contributed by atoms with E-state index in [2.05, 4.69) is 30.4 Å². The normalized spacial score (nSPS) is 12.3. The molecule has 1 aromatic carbocycles. The number of ether oxygens (including phenoxy) is 2. The van der Waals surface area contributed by atoms with Crippen molar-refractivity contribution in [2.45, 2.75) is 91.0 Å². The Bertz CT molecular complexity index is 1120. The molecule has 7 heteroatoms. The van der Waals surface area contributed by atoms with E-state index >= 15 is 0 Å². The predicted octanol–water partition coefficient (Wildman–Crippen LogP) is 5.99. The first-order valence-corrected chi connectivity index (χ1v) is 12.8. The van der Waals surface area contributed by atoms with Gasteiger partial charge in [-0.1, -0.05) is 65.4 Å². The standard InChI is InChI=1S/C27H40N4O3/c1-6-9-10-11-14-20(12-7-2)31-26-25(21(30-31)13-8-3)27(32)29-24(28-26)18-19-15-16-22(33-4)23(17-19)34-5/h15-17,20H,6-14,18H2,1-5H3,(H,28,29,32). The van der Waals surface area contributed by atoms with E-state index in [1.54, 1.807) is 14.2 Å². The fourth-order valence-corrected chi connectivity index (χ4v) is 4.62. The van der Waals surface area contributed by atoms with Crippen molar-refractivity contribution in [1.82, 2.24) is 19.7 Å². The molecule has 0 saturated heterocycles. The second-order valence-electron chi connectivity index (χ2n) is 9.01. The van der Waals surface area contributed by atoms with Gasteiger partial charge in [-0.2, -0.15) is 5.10 Å². The lowest BCUT2D eigenvalue weighted by Crippen LogP contribution is -2.16. The molecule has 0 spiro atoms. The van der Waals surface area contributed by atoms with E-state index in [1.807, 2.05) is 18.2 Å². The van der Waals surface area contributed by atoms with Gasteiger partial charge in [0.15, 0.2) is 17.1 Å². The van der Waals surface area contributed by atoms with Crippen LogP contribution in [0.15, 0.2) is 23.0 Å². The van der Waals surface area contributed by atoms with Gasteiger partial charge in [0.2, 0.25) is 0 Å². The molecular formula is C27H40N4O3. The van der Waals surface area contributed by atoms with Crippen molar-refractivity contribution in [1.29, 1.82) is 0 Å². The molecular weight excluding hydrogens is 428 g/mol. The maximum Gasteiger partial charge on any atom is 0.262 e. The molecule has 2 aromatic heterocycles. The van der Waals surface area contributed by atoms with Crippen molar-refractivity contribution in [3.05, 3.63) is 45.6 Å². The Morgan fingerprint density at radius 3 is 2.44 bits per heavy atom. The first-order chi connectivity index (χ1) is 16.6. The smallest absolute Gasteiger partial charge is 0.262 e. The summed E-state index contributed by atoms with van der Waals surface area (Å²) in [5.74, 6) is 1.97. The van der Waals surface area contributed by atoms with Gasteiger partial charge in [0.05, 0.1) is 26.0 Å². The number of aryl methyl sites for hydroxylation is 1. The first-order valence-electron chi connectivity index (χ1n) is 12.8. The number of nitrogens with one attached hydrogen (secondary N) is 1. The van der Waals surface area contributed by atoms with E-state index in [-0.39, 0.29) is 11.6 Å². The van der Waals surface area contributed by atoms with Crippen LogP contribution >= 0.6 is 0 Å². The third kappa shape index (κ3) is 5.99. The number of methoxy groups -OCH3 is 2. The van der Waals surface area contributed by atoms with E-state index in [4.69, 9.17) is 19.6 Å².